The fraction of sp³-hybridized carbons (Fsp3) is 0.294. The monoisotopic (exact) mass is 363 g/mol. The van der Waals surface area contributed by atoms with E-state index in [4.69, 9.17) is 4.74 Å². The third-order valence-corrected chi connectivity index (χ3v) is 4.28. The summed E-state index contributed by atoms with van der Waals surface area (Å²) in [5, 5.41) is 2.49. The first kappa shape index (κ1) is 18.7. The summed E-state index contributed by atoms with van der Waals surface area (Å²) >= 11 is 0. The maximum atomic E-state index is 12.1. The van der Waals surface area contributed by atoms with Gasteiger partial charge in [0.05, 0.1) is 6.10 Å². The fourth-order valence-corrected chi connectivity index (χ4v) is 3.03. The minimum atomic E-state index is -3.83. The van der Waals surface area contributed by atoms with Gasteiger partial charge >= 0.3 is 0 Å². The Balaban J connectivity index is 1.97. The lowest BCUT2D eigenvalue weighted by Crippen LogP contribution is -2.27. The Labute approximate surface area is 147 Å². The van der Waals surface area contributed by atoms with Crippen LogP contribution in [0.2, 0.25) is 0 Å². The third kappa shape index (κ3) is 6.07. The van der Waals surface area contributed by atoms with Gasteiger partial charge in [0.2, 0.25) is 15.9 Å². The number of amides is 1. The highest BCUT2D eigenvalue weighted by atomic mass is 32.2. The van der Waals surface area contributed by atoms with Gasteiger partial charge < -0.3 is 10.1 Å². The van der Waals surface area contributed by atoms with Crippen molar-refractivity contribution in [1.29, 1.82) is 0 Å². The van der Waals surface area contributed by atoms with Crippen LogP contribution in [0, 0.1) is 6.92 Å². The van der Waals surface area contributed by atoms with Gasteiger partial charge in [0, 0.05) is 11.9 Å². The van der Waals surface area contributed by atoms with Crippen molar-refractivity contribution in [2.45, 2.75) is 26.9 Å². The molecule has 1 heterocycles. The smallest absolute Gasteiger partial charge is 0.242 e. The molecule has 1 aromatic heterocycles. The summed E-state index contributed by atoms with van der Waals surface area (Å²) in [5.74, 6) is -0.374. The minimum Gasteiger partial charge on any atom is -0.491 e. The number of rotatable bonds is 7. The van der Waals surface area contributed by atoms with Crippen molar-refractivity contribution in [2.75, 3.05) is 15.8 Å². The quantitative estimate of drug-likeness (QED) is 0.788. The molecule has 0 aliphatic heterocycles. The molecule has 0 aliphatic carbocycles. The van der Waals surface area contributed by atoms with Crippen LogP contribution in [0.15, 0.2) is 42.6 Å². The average molecular weight is 363 g/mol. The summed E-state index contributed by atoms with van der Waals surface area (Å²) < 4.78 is 32.1. The van der Waals surface area contributed by atoms with E-state index in [-0.39, 0.29) is 6.10 Å². The number of carbonyl (C=O) groups excluding carboxylic acids is 1. The highest BCUT2D eigenvalue weighted by molar-refractivity contribution is 7.93. The van der Waals surface area contributed by atoms with E-state index in [2.05, 4.69) is 15.0 Å². The number of carbonyl (C=O) groups is 1. The van der Waals surface area contributed by atoms with Crippen molar-refractivity contribution in [1.82, 2.24) is 4.98 Å². The number of aromatic nitrogens is 1. The molecule has 1 amide bonds. The molecule has 0 atom stereocenters. The van der Waals surface area contributed by atoms with Gasteiger partial charge in [-0.15, -0.1) is 0 Å². The number of aryl methyl sites for hydroxylation is 1. The number of pyridine rings is 1. The molecule has 0 radical (unpaired) electrons. The van der Waals surface area contributed by atoms with Crippen LogP contribution < -0.4 is 14.8 Å². The SMILES string of the molecule is Cc1cccnc1NC(=O)CS(=O)(=O)Nc1ccc(OC(C)C)cc1. The van der Waals surface area contributed by atoms with Gasteiger partial charge in [-0.2, -0.15) is 0 Å². The first-order chi connectivity index (χ1) is 11.7. The zero-order valence-electron chi connectivity index (χ0n) is 14.3. The van der Waals surface area contributed by atoms with Gasteiger partial charge in [-0.25, -0.2) is 13.4 Å². The Morgan fingerprint density at radius 2 is 1.88 bits per heavy atom. The van der Waals surface area contributed by atoms with E-state index >= 15 is 0 Å². The molecular formula is C17H21N3O4S. The van der Waals surface area contributed by atoms with Gasteiger partial charge in [-0.05, 0) is 56.7 Å². The maximum Gasteiger partial charge on any atom is 0.242 e. The van der Waals surface area contributed by atoms with Gasteiger partial charge in [0.25, 0.3) is 0 Å². The predicted octanol–water partition coefficient (Wildman–Crippen LogP) is 2.56. The lowest BCUT2D eigenvalue weighted by molar-refractivity contribution is -0.113. The van der Waals surface area contributed by atoms with Crippen LogP contribution in [0.25, 0.3) is 0 Å². The molecule has 2 aromatic rings. The van der Waals surface area contributed by atoms with Gasteiger partial charge in [-0.3, -0.25) is 9.52 Å². The standard InChI is InChI=1S/C17H21N3O4S/c1-12(2)24-15-8-6-14(7-9-15)20-25(22,23)11-16(21)19-17-13(3)5-4-10-18-17/h4-10,12,20H,11H2,1-3H3,(H,18,19,21). The summed E-state index contributed by atoms with van der Waals surface area (Å²) in [6.45, 7) is 5.58. The number of hydrogen-bond donors (Lipinski definition) is 2. The highest BCUT2D eigenvalue weighted by Gasteiger charge is 2.17. The summed E-state index contributed by atoms with van der Waals surface area (Å²) in [4.78, 5) is 16.0. The number of nitrogens with zero attached hydrogens (tertiary/aromatic N) is 1. The second kappa shape index (κ2) is 7.98. The fourth-order valence-electron chi connectivity index (χ4n) is 2.05. The van der Waals surface area contributed by atoms with E-state index in [1.165, 1.54) is 6.20 Å². The van der Waals surface area contributed by atoms with Crippen molar-refractivity contribution in [2.24, 2.45) is 0 Å². The predicted molar refractivity (Wildman–Crippen MR) is 97.2 cm³/mol. The Morgan fingerprint density at radius 3 is 2.48 bits per heavy atom. The van der Waals surface area contributed by atoms with E-state index in [0.717, 1.165) is 5.56 Å². The summed E-state index contributed by atoms with van der Waals surface area (Å²) in [7, 11) is -3.83. The van der Waals surface area contributed by atoms with E-state index in [1.807, 2.05) is 13.8 Å². The average Bonchev–Trinajstić information content (AvgIpc) is 2.50. The largest absolute Gasteiger partial charge is 0.491 e. The Morgan fingerprint density at radius 1 is 1.20 bits per heavy atom. The zero-order valence-corrected chi connectivity index (χ0v) is 15.1. The highest BCUT2D eigenvalue weighted by Crippen LogP contribution is 2.18. The molecule has 8 heteroatoms. The number of ether oxygens (including phenoxy) is 1. The molecule has 0 fully saturated rings. The van der Waals surface area contributed by atoms with Crippen LogP contribution in [0.4, 0.5) is 11.5 Å². The van der Waals surface area contributed by atoms with Gasteiger partial charge in [0.15, 0.2) is 0 Å². The van der Waals surface area contributed by atoms with E-state index in [1.54, 1.807) is 43.3 Å². The molecule has 2 N–H and O–H groups in total. The molecule has 0 aliphatic rings. The molecule has 134 valence electrons. The Bertz CT molecular complexity index is 833. The van der Waals surface area contributed by atoms with Gasteiger partial charge in [-0.1, -0.05) is 6.07 Å². The summed E-state index contributed by atoms with van der Waals surface area (Å²) in [6, 6.07) is 9.99. The summed E-state index contributed by atoms with van der Waals surface area (Å²) in [5.41, 5.74) is 1.11. The molecule has 25 heavy (non-hydrogen) atoms. The first-order valence-corrected chi connectivity index (χ1v) is 9.39. The molecule has 0 bridgehead atoms. The van der Waals surface area contributed by atoms with Crippen molar-refractivity contribution >= 4 is 27.4 Å². The topological polar surface area (TPSA) is 97.4 Å². The van der Waals surface area contributed by atoms with Crippen LogP contribution in [-0.2, 0) is 14.8 Å². The number of nitrogens with one attached hydrogen (secondary N) is 2. The van der Waals surface area contributed by atoms with Crippen LogP contribution in [-0.4, -0.2) is 31.2 Å². The number of hydrogen-bond acceptors (Lipinski definition) is 5. The zero-order chi connectivity index (χ0) is 18.4. The first-order valence-electron chi connectivity index (χ1n) is 7.74. The third-order valence-electron chi connectivity index (χ3n) is 3.09. The lowest BCUT2D eigenvalue weighted by Gasteiger charge is -2.12. The molecule has 0 saturated heterocycles. The number of anilines is 2. The van der Waals surface area contributed by atoms with Crippen LogP contribution >= 0.6 is 0 Å². The van der Waals surface area contributed by atoms with Crippen molar-refractivity contribution < 1.29 is 17.9 Å². The molecular weight excluding hydrogens is 342 g/mol. The Hall–Kier alpha value is -2.61. The Kier molecular flexibility index (Phi) is 5.97. The maximum absolute atomic E-state index is 12.1. The van der Waals surface area contributed by atoms with Crippen LogP contribution in [0.3, 0.4) is 0 Å². The van der Waals surface area contributed by atoms with Crippen molar-refractivity contribution in [3.63, 3.8) is 0 Å². The van der Waals surface area contributed by atoms with Crippen LogP contribution in [0.1, 0.15) is 19.4 Å². The number of sulfonamides is 1. The molecule has 7 nitrogen and oxygen atoms in total. The van der Waals surface area contributed by atoms with E-state index in [0.29, 0.717) is 17.3 Å². The van der Waals surface area contributed by atoms with Crippen molar-refractivity contribution in [3.05, 3.63) is 48.2 Å². The lowest BCUT2D eigenvalue weighted by atomic mass is 10.3. The second-order valence-electron chi connectivity index (χ2n) is 5.77. The molecule has 1 aromatic carbocycles. The normalized spacial score (nSPS) is 11.2. The van der Waals surface area contributed by atoms with Crippen molar-refractivity contribution in [3.8, 4) is 5.75 Å². The van der Waals surface area contributed by atoms with E-state index in [9.17, 15) is 13.2 Å². The minimum absolute atomic E-state index is 0.0290. The number of benzene rings is 1. The van der Waals surface area contributed by atoms with Crippen LogP contribution in [0.5, 0.6) is 5.75 Å². The molecule has 0 spiro atoms. The second-order valence-corrected chi connectivity index (χ2v) is 7.49. The molecule has 0 unspecified atom stereocenters. The molecule has 0 saturated carbocycles. The summed E-state index contributed by atoms with van der Waals surface area (Å²) in [6.07, 6.45) is 1.55. The molecule has 2 rings (SSSR count). The van der Waals surface area contributed by atoms with Gasteiger partial charge in [0.1, 0.15) is 17.3 Å². The van der Waals surface area contributed by atoms with E-state index < -0.39 is 21.7 Å².